The summed E-state index contributed by atoms with van der Waals surface area (Å²) < 4.78 is 11.5. The highest BCUT2D eigenvalue weighted by atomic mass is 16.5. The Bertz CT molecular complexity index is 257. The van der Waals surface area contributed by atoms with Gasteiger partial charge in [0.2, 0.25) is 0 Å². The van der Waals surface area contributed by atoms with E-state index in [-0.39, 0.29) is 5.60 Å². The highest BCUT2D eigenvalue weighted by Gasteiger charge is 2.42. The Kier molecular flexibility index (Phi) is 3.42. The molecule has 2 aliphatic heterocycles. The van der Waals surface area contributed by atoms with Gasteiger partial charge in [-0.15, -0.1) is 0 Å². The number of nitrogens with one attached hydrogen (secondary N) is 1. The third-order valence-corrected chi connectivity index (χ3v) is 4.79. The van der Waals surface area contributed by atoms with Crippen LogP contribution in [0.3, 0.4) is 0 Å². The van der Waals surface area contributed by atoms with Gasteiger partial charge in [0.05, 0.1) is 5.60 Å². The zero-order valence-corrected chi connectivity index (χ0v) is 10.9. The maximum atomic E-state index is 6.07. The van der Waals surface area contributed by atoms with Crippen molar-refractivity contribution in [2.45, 2.75) is 63.1 Å². The second-order valence-electron chi connectivity index (χ2n) is 6.01. The van der Waals surface area contributed by atoms with E-state index in [1.165, 1.54) is 25.7 Å². The van der Waals surface area contributed by atoms with Crippen LogP contribution in [0.1, 0.15) is 45.4 Å². The molecule has 0 aromatic rings. The molecule has 3 unspecified atom stereocenters. The molecule has 3 aliphatic rings. The van der Waals surface area contributed by atoms with E-state index in [0.29, 0.717) is 6.04 Å². The molecule has 0 radical (unpaired) electrons. The monoisotopic (exact) mass is 239 g/mol. The van der Waals surface area contributed by atoms with Gasteiger partial charge in [-0.2, -0.15) is 0 Å². The minimum atomic E-state index is 0.144. The molecule has 3 fully saturated rings. The molecule has 3 rings (SSSR count). The highest BCUT2D eigenvalue weighted by molar-refractivity contribution is 4.98. The van der Waals surface area contributed by atoms with Gasteiger partial charge >= 0.3 is 0 Å². The van der Waals surface area contributed by atoms with Crippen molar-refractivity contribution in [1.82, 2.24) is 5.32 Å². The number of hydrogen-bond acceptors (Lipinski definition) is 3. The van der Waals surface area contributed by atoms with Crippen molar-refractivity contribution in [3.8, 4) is 0 Å². The summed E-state index contributed by atoms with van der Waals surface area (Å²) in [6.45, 7) is 5.00. The molecule has 3 heteroatoms. The van der Waals surface area contributed by atoms with Gasteiger partial charge in [-0.25, -0.2) is 0 Å². The smallest absolute Gasteiger partial charge is 0.0741 e. The highest BCUT2D eigenvalue weighted by Crippen LogP contribution is 2.38. The van der Waals surface area contributed by atoms with Gasteiger partial charge in [0.15, 0.2) is 0 Å². The average molecular weight is 239 g/mol. The van der Waals surface area contributed by atoms with Gasteiger partial charge in [-0.3, -0.25) is 0 Å². The van der Waals surface area contributed by atoms with Crippen molar-refractivity contribution in [3.05, 3.63) is 0 Å². The molecule has 17 heavy (non-hydrogen) atoms. The van der Waals surface area contributed by atoms with Crippen molar-refractivity contribution >= 4 is 0 Å². The third kappa shape index (κ3) is 2.67. The number of hydrogen-bond donors (Lipinski definition) is 1. The summed E-state index contributed by atoms with van der Waals surface area (Å²) in [4.78, 5) is 0. The van der Waals surface area contributed by atoms with Crippen LogP contribution in [0, 0.1) is 5.92 Å². The lowest BCUT2D eigenvalue weighted by Gasteiger charge is -2.43. The fraction of sp³-hybridized carbons (Fsp3) is 1.00. The van der Waals surface area contributed by atoms with Gasteiger partial charge < -0.3 is 14.8 Å². The molecule has 0 aromatic carbocycles. The van der Waals surface area contributed by atoms with E-state index in [2.05, 4.69) is 12.2 Å². The Morgan fingerprint density at radius 2 is 2.06 bits per heavy atom. The maximum Gasteiger partial charge on any atom is 0.0741 e. The first-order chi connectivity index (χ1) is 8.31. The lowest BCUT2D eigenvalue weighted by Crippen LogP contribution is -2.50. The molecule has 0 aromatic heterocycles. The van der Waals surface area contributed by atoms with E-state index >= 15 is 0 Å². The fourth-order valence-electron chi connectivity index (χ4n) is 3.47. The molecule has 3 nitrogen and oxygen atoms in total. The Labute approximate surface area is 104 Å². The Morgan fingerprint density at radius 1 is 1.24 bits per heavy atom. The molecular formula is C14H25NO2. The number of rotatable bonds is 3. The SMILES string of the molecule is CCC1CC1NC1CCOC2(CCOCC2)C1. The van der Waals surface area contributed by atoms with E-state index < -0.39 is 0 Å². The summed E-state index contributed by atoms with van der Waals surface area (Å²) in [5, 5.41) is 3.84. The largest absolute Gasteiger partial charge is 0.381 e. The van der Waals surface area contributed by atoms with Gasteiger partial charge in [0.1, 0.15) is 0 Å². The third-order valence-electron chi connectivity index (χ3n) is 4.79. The molecule has 1 spiro atoms. The molecule has 1 N–H and O–H groups in total. The molecule has 98 valence electrons. The minimum Gasteiger partial charge on any atom is -0.381 e. The predicted octanol–water partition coefficient (Wildman–Crippen LogP) is 2.10. The van der Waals surface area contributed by atoms with E-state index in [1.54, 1.807) is 0 Å². The van der Waals surface area contributed by atoms with Crippen molar-refractivity contribution in [2.24, 2.45) is 5.92 Å². The Hall–Kier alpha value is -0.120. The van der Waals surface area contributed by atoms with Crippen LogP contribution in [0.25, 0.3) is 0 Å². The van der Waals surface area contributed by atoms with Gasteiger partial charge in [-0.05, 0) is 38.0 Å². The van der Waals surface area contributed by atoms with Gasteiger partial charge in [-0.1, -0.05) is 13.3 Å². The van der Waals surface area contributed by atoms with Crippen LogP contribution in [0.15, 0.2) is 0 Å². The van der Waals surface area contributed by atoms with E-state index in [4.69, 9.17) is 9.47 Å². The van der Waals surface area contributed by atoms with E-state index in [9.17, 15) is 0 Å². The zero-order chi connectivity index (χ0) is 11.7. The number of ether oxygens (including phenoxy) is 2. The summed E-state index contributed by atoms with van der Waals surface area (Å²) in [5.74, 6) is 0.948. The molecule has 1 saturated carbocycles. The normalized spacial score (nSPS) is 40.4. The molecule has 2 heterocycles. The van der Waals surface area contributed by atoms with Crippen molar-refractivity contribution < 1.29 is 9.47 Å². The van der Waals surface area contributed by atoms with Crippen molar-refractivity contribution in [2.75, 3.05) is 19.8 Å². The summed E-state index contributed by atoms with van der Waals surface area (Å²) in [7, 11) is 0. The summed E-state index contributed by atoms with van der Waals surface area (Å²) in [5.41, 5.74) is 0.144. The zero-order valence-electron chi connectivity index (χ0n) is 10.9. The van der Waals surface area contributed by atoms with Crippen LogP contribution < -0.4 is 5.32 Å². The lowest BCUT2D eigenvalue weighted by molar-refractivity contribution is -0.140. The average Bonchev–Trinajstić information content (AvgIpc) is 3.08. The van der Waals surface area contributed by atoms with Crippen LogP contribution in [0.5, 0.6) is 0 Å². The first kappa shape index (κ1) is 11.9. The van der Waals surface area contributed by atoms with Crippen molar-refractivity contribution in [1.29, 1.82) is 0 Å². The molecular weight excluding hydrogens is 214 g/mol. The van der Waals surface area contributed by atoms with Crippen LogP contribution in [-0.4, -0.2) is 37.5 Å². The molecule has 3 atom stereocenters. The standard InChI is InChI=1S/C14H25NO2/c1-2-11-9-13(11)15-12-3-6-17-14(10-12)4-7-16-8-5-14/h11-13,15H,2-10H2,1H3. The molecule has 2 saturated heterocycles. The van der Waals surface area contributed by atoms with Crippen LogP contribution in [-0.2, 0) is 9.47 Å². The predicted molar refractivity (Wildman–Crippen MR) is 67.1 cm³/mol. The Morgan fingerprint density at radius 3 is 2.76 bits per heavy atom. The van der Waals surface area contributed by atoms with Gasteiger partial charge in [0, 0.05) is 31.9 Å². The summed E-state index contributed by atoms with van der Waals surface area (Å²) in [6.07, 6.45) is 7.29. The van der Waals surface area contributed by atoms with E-state index in [0.717, 1.165) is 44.6 Å². The topological polar surface area (TPSA) is 30.5 Å². The van der Waals surface area contributed by atoms with Crippen molar-refractivity contribution in [3.63, 3.8) is 0 Å². The second-order valence-corrected chi connectivity index (χ2v) is 6.01. The molecule has 0 amide bonds. The first-order valence-electron chi connectivity index (χ1n) is 7.29. The second kappa shape index (κ2) is 4.87. The van der Waals surface area contributed by atoms with E-state index in [1.807, 2.05) is 0 Å². The Balaban J connectivity index is 1.52. The van der Waals surface area contributed by atoms with Crippen LogP contribution >= 0.6 is 0 Å². The molecule has 1 aliphatic carbocycles. The van der Waals surface area contributed by atoms with Crippen LogP contribution in [0.2, 0.25) is 0 Å². The first-order valence-corrected chi connectivity index (χ1v) is 7.29. The fourth-order valence-corrected chi connectivity index (χ4v) is 3.47. The maximum absolute atomic E-state index is 6.07. The van der Waals surface area contributed by atoms with Gasteiger partial charge in [0.25, 0.3) is 0 Å². The summed E-state index contributed by atoms with van der Waals surface area (Å²) >= 11 is 0. The van der Waals surface area contributed by atoms with Crippen LogP contribution in [0.4, 0.5) is 0 Å². The summed E-state index contributed by atoms with van der Waals surface area (Å²) in [6, 6.07) is 1.49. The molecule has 0 bridgehead atoms. The minimum absolute atomic E-state index is 0.144. The lowest BCUT2D eigenvalue weighted by atomic mass is 9.84. The quantitative estimate of drug-likeness (QED) is 0.818.